The molecule has 1 aliphatic rings. The van der Waals surface area contributed by atoms with Crippen LogP contribution in [-0.4, -0.2) is 46.1 Å². The summed E-state index contributed by atoms with van der Waals surface area (Å²) in [6.45, 7) is 4.70. The number of benzene rings is 2. The topological polar surface area (TPSA) is 87.1 Å². The number of Topliss-reactive ketones (excluding diaryl/α,β-unsaturated/α-hetero) is 1. The molecule has 1 unspecified atom stereocenters. The van der Waals surface area contributed by atoms with Crippen LogP contribution in [0.4, 0.5) is 0 Å². The van der Waals surface area contributed by atoms with Gasteiger partial charge in [-0.25, -0.2) is 0 Å². The average Bonchev–Trinajstić information content (AvgIpc) is 3.01. The van der Waals surface area contributed by atoms with Crippen molar-refractivity contribution >= 4 is 11.7 Å². The Hall–Kier alpha value is -3.12. The highest BCUT2D eigenvalue weighted by atomic mass is 16.5. The molecule has 0 aromatic heterocycles. The van der Waals surface area contributed by atoms with Crippen molar-refractivity contribution < 1.29 is 24.5 Å². The zero-order valence-electron chi connectivity index (χ0n) is 18.0. The number of ether oxygens (including phenoxy) is 1. The van der Waals surface area contributed by atoms with Gasteiger partial charge in [0.25, 0.3) is 5.91 Å². The van der Waals surface area contributed by atoms with Crippen LogP contribution in [0, 0.1) is 0 Å². The predicted octanol–water partition coefficient (Wildman–Crippen LogP) is 4.10. The lowest BCUT2D eigenvalue weighted by Gasteiger charge is -2.27. The number of phenols is 1. The van der Waals surface area contributed by atoms with Gasteiger partial charge >= 0.3 is 0 Å². The molecule has 1 heterocycles. The van der Waals surface area contributed by atoms with Crippen molar-refractivity contribution in [3.8, 4) is 5.75 Å². The second kappa shape index (κ2) is 10.3. The van der Waals surface area contributed by atoms with Crippen LogP contribution in [0.25, 0.3) is 0 Å². The van der Waals surface area contributed by atoms with E-state index >= 15 is 0 Å². The molecule has 1 amide bonds. The van der Waals surface area contributed by atoms with Gasteiger partial charge in [0.15, 0.2) is 11.5 Å². The Morgan fingerprint density at radius 2 is 1.74 bits per heavy atom. The Labute approximate surface area is 182 Å². The number of amides is 1. The first-order valence-corrected chi connectivity index (χ1v) is 10.6. The molecule has 0 fully saturated rings. The highest BCUT2D eigenvalue weighted by molar-refractivity contribution is 6.09. The maximum Gasteiger partial charge on any atom is 0.290 e. The minimum atomic E-state index is -0.685. The van der Waals surface area contributed by atoms with Gasteiger partial charge in [-0.05, 0) is 49.9 Å². The van der Waals surface area contributed by atoms with Gasteiger partial charge in [0.2, 0.25) is 0 Å². The predicted molar refractivity (Wildman–Crippen MR) is 118 cm³/mol. The molecule has 0 bridgehead atoms. The average molecular weight is 424 g/mol. The molecule has 6 heteroatoms. The van der Waals surface area contributed by atoms with Crippen LogP contribution >= 0.6 is 0 Å². The largest absolute Gasteiger partial charge is 0.508 e. The quantitative estimate of drug-likeness (QED) is 0.562. The molecular weight excluding hydrogens is 394 g/mol. The summed E-state index contributed by atoms with van der Waals surface area (Å²) in [5.41, 5.74) is 1.81. The number of phenolic OH excluding ortho intramolecular Hbond substituents is 1. The van der Waals surface area contributed by atoms with Gasteiger partial charge in [0, 0.05) is 19.6 Å². The molecule has 3 rings (SSSR count). The van der Waals surface area contributed by atoms with Crippen LogP contribution < -0.4 is 0 Å². The second-order valence-electron chi connectivity index (χ2n) is 7.94. The van der Waals surface area contributed by atoms with Crippen molar-refractivity contribution in [1.29, 1.82) is 0 Å². The molecule has 2 N–H and O–H groups in total. The van der Waals surface area contributed by atoms with Crippen molar-refractivity contribution in [3.63, 3.8) is 0 Å². The van der Waals surface area contributed by atoms with E-state index in [0.717, 1.165) is 5.56 Å². The molecule has 0 aliphatic carbocycles. The molecule has 164 valence electrons. The smallest absolute Gasteiger partial charge is 0.290 e. The number of aliphatic hydroxyl groups is 1. The number of carbonyl (C=O) groups excluding carboxylic acids is 2. The highest BCUT2D eigenvalue weighted by Crippen LogP contribution is 2.38. The van der Waals surface area contributed by atoms with Gasteiger partial charge in [-0.3, -0.25) is 9.59 Å². The van der Waals surface area contributed by atoms with Gasteiger partial charge in [0.05, 0.1) is 17.7 Å². The highest BCUT2D eigenvalue weighted by Gasteiger charge is 2.42. The minimum absolute atomic E-state index is 0.0869. The Balaban J connectivity index is 1.82. The Kier molecular flexibility index (Phi) is 7.47. The zero-order valence-corrected chi connectivity index (χ0v) is 18.0. The summed E-state index contributed by atoms with van der Waals surface area (Å²) in [4.78, 5) is 27.5. The molecule has 6 nitrogen and oxygen atoms in total. The summed E-state index contributed by atoms with van der Waals surface area (Å²) in [5.74, 6) is -1.20. The maximum atomic E-state index is 13.1. The van der Waals surface area contributed by atoms with Gasteiger partial charge in [0.1, 0.15) is 5.75 Å². The van der Waals surface area contributed by atoms with Crippen molar-refractivity contribution in [1.82, 2.24) is 4.90 Å². The van der Waals surface area contributed by atoms with Crippen LogP contribution in [-0.2, 0) is 20.7 Å². The van der Waals surface area contributed by atoms with E-state index in [4.69, 9.17) is 4.74 Å². The number of rotatable bonds is 10. The van der Waals surface area contributed by atoms with Gasteiger partial charge in [-0.15, -0.1) is 0 Å². The number of aliphatic hydroxyl groups excluding tert-OH is 1. The summed E-state index contributed by atoms with van der Waals surface area (Å²) in [6.07, 6.45) is 1.38. The molecule has 0 radical (unpaired) electrons. The number of ketones is 1. The third-order valence-electron chi connectivity index (χ3n) is 5.29. The number of aromatic hydroxyl groups is 1. The van der Waals surface area contributed by atoms with E-state index in [-0.39, 0.29) is 29.6 Å². The molecular formula is C25H29NO5. The lowest BCUT2D eigenvalue weighted by molar-refractivity contribution is -0.129. The Morgan fingerprint density at radius 3 is 2.39 bits per heavy atom. The number of nitrogens with zero attached hydrogens (tertiary/aromatic N) is 1. The Morgan fingerprint density at radius 1 is 1.06 bits per heavy atom. The van der Waals surface area contributed by atoms with Crippen LogP contribution in [0.1, 0.15) is 43.9 Å². The van der Waals surface area contributed by atoms with Gasteiger partial charge in [-0.2, -0.15) is 0 Å². The molecule has 0 spiro atoms. The van der Waals surface area contributed by atoms with E-state index < -0.39 is 17.7 Å². The van der Waals surface area contributed by atoms with Gasteiger partial charge < -0.3 is 19.8 Å². The van der Waals surface area contributed by atoms with E-state index in [1.54, 1.807) is 12.1 Å². The first-order chi connectivity index (χ1) is 14.9. The lowest BCUT2D eigenvalue weighted by Crippen LogP contribution is -2.32. The Bertz CT molecular complexity index is 934. The molecule has 0 saturated heterocycles. The van der Waals surface area contributed by atoms with Crippen molar-refractivity contribution in [2.24, 2.45) is 0 Å². The molecule has 2 aromatic carbocycles. The summed E-state index contributed by atoms with van der Waals surface area (Å²) in [7, 11) is 0. The number of hydrogen-bond acceptors (Lipinski definition) is 5. The third kappa shape index (κ3) is 5.52. The fraction of sp³-hybridized carbons (Fsp3) is 0.360. The number of aryl methyl sites for hydroxylation is 1. The summed E-state index contributed by atoms with van der Waals surface area (Å²) >= 11 is 0. The zero-order chi connectivity index (χ0) is 22.4. The van der Waals surface area contributed by atoms with Crippen LogP contribution in [0.5, 0.6) is 5.75 Å². The van der Waals surface area contributed by atoms with E-state index in [1.807, 2.05) is 44.2 Å². The van der Waals surface area contributed by atoms with Crippen LogP contribution in [0.15, 0.2) is 65.9 Å². The molecule has 0 saturated carbocycles. The van der Waals surface area contributed by atoms with E-state index in [2.05, 4.69) is 0 Å². The van der Waals surface area contributed by atoms with E-state index in [9.17, 15) is 19.8 Å². The third-order valence-corrected chi connectivity index (χ3v) is 5.29. The summed E-state index contributed by atoms with van der Waals surface area (Å²) < 4.78 is 5.57. The molecule has 2 aromatic rings. The monoisotopic (exact) mass is 423 g/mol. The maximum absolute atomic E-state index is 13.1. The fourth-order valence-corrected chi connectivity index (χ4v) is 3.76. The van der Waals surface area contributed by atoms with Gasteiger partial charge in [-0.1, -0.05) is 42.5 Å². The van der Waals surface area contributed by atoms with Crippen molar-refractivity contribution in [2.75, 3.05) is 13.2 Å². The normalized spacial score (nSPS) is 16.4. The standard InChI is InChI=1S/C25H29NO5/c1-17(2)31-16-6-15-26-23(19-10-12-20(27)13-11-19)22(24(29)25(26)30)21(28)14-9-18-7-4-3-5-8-18/h3-5,7-8,10-13,17,23,27,29H,6,9,14-16H2,1-2H3. The molecule has 1 atom stereocenters. The molecule has 1 aliphatic heterocycles. The summed E-state index contributed by atoms with van der Waals surface area (Å²) in [5, 5.41) is 20.3. The second-order valence-corrected chi connectivity index (χ2v) is 7.94. The van der Waals surface area contributed by atoms with Crippen molar-refractivity contribution in [2.45, 2.75) is 45.3 Å². The SMILES string of the molecule is CC(C)OCCCN1C(=O)C(O)=C(C(=O)CCc2ccccc2)C1c1ccc(O)cc1. The van der Waals surface area contributed by atoms with Crippen LogP contribution in [0.2, 0.25) is 0 Å². The minimum Gasteiger partial charge on any atom is -0.508 e. The fourth-order valence-electron chi connectivity index (χ4n) is 3.76. The number of carbonyl (C=O) groups is 2. The van der Waals surface area contributed by atoms with E-state index in [0.29, 0.717) is 31.6 Å². The lowest BCUT2D eigenvalue weighted by atomic mass is 9.93. The first kappa shape index (κ1) is 22.6. The summed E-state index contributed by atoms with van der Waals surface area (Å²) in [6, 6.07) is 15.3. The first-order valence-electron chi connectivity index (χ1n) is 10.6. The molecule has 31 heavy (non-hydrogen) atoms. The number of hydrogen-bond donors (Lipinski definition) is 2. The van der Waals surface area contributed by atoms with Crippen molar-refractivity contribution in [3.05, 3.63) is 77.1 Å². The van der Waals surface area contributed by atoms with Crippen LogP contribution in [0.3, 0.4) is 0 Å². The van der Waals surface area contributed by atoms with E-state index in [1.165, 1.54) is 17.0 Å².